The lowest BCUT2D eigenvalue weighted by Crippen LogP contribution is -2.27. The molecular weight excluding hydrogens is 301 g/mol. The summed E-state index contributed by atoms with van der Waals surface area (Å²) in [5.74, 6) is -0.224. The van der Waals surface area contributed by atoms with Crippen molar-refractivity contribution in [3.63, 3.8) is 0 Å². The number of hydrogen-bond acceptors (Lipinski definition) is 4. The molecule has 1 amide bonds. The van der Waals surface area contributed by atoms with Crippen LogP contribution < -0.4 is 4.90 Å². The fourth-order valence-corrected chi connectivity index (χ4v) is 3.19. The standard InChI is InChI=1S/C16H20FN3OS/c1-4-20(12(2)21)16-18-15(11-22-16)10-19(3)9-13-6-5-7-14(17)8-13/h5-8,11H,4,9-10H2,1-3H3. The lowest BCUT2D eigenvalue weighted by atomic mass is 10.2. The van der Waals surface area contributed by atoms with Crippen LogP contribution in [0.15, 0.2) is 29.6 Å². The molecule has 118 valence electrons. The number of anilines is 1. The van der Waals surface area contributed by atoms with E-state index in [-0.39, 0.29) is 11.7 Å². The van der Waals surface area contributed by atoms with Crippen LogP contribution in [-0.2, 0) is 17.9 Å². The van der Waals surface area contributed by atoms with Gasteiger partial charge in [-0.2, -0.15) is 0 Å². The fraction of sp³-hybridized carbons (Fsp3) is 0.375. The summed E-state index contributed by atoms with van der Waals surface area (Å²) >= 11 is 1.47. The van der Waals surface area contributed by atoms with Crippen LogP contribution in [0.5, 0.6) is 0 Å². The predicted octanol–water partition coefficient (Wildman–Crippen LogP) is 3.29. The number of halogens is 1. The molecule has 0 aliphatic heterocycles. The van der Waals surface area contributed by atoms with Crippen molar-refractivity contribution in [3.05, 3.63) is 46.7 Å². The van der Waals surface area contributed by atoms with Gasteiger partial charge in [-0.3, -0.25) is 14.6 Å². The molecule has 0 aliphatic carbocycles. The van der Waals surface area contributed by atoms with Crippen molar-refractivity contribution >= 4 is 22.4 Å². The van der Waals surface area contributed by atoms with E-state index >= 15 is 0 Å². The molecule has 2 rings (SSSR count). The van der Waals surface area contributed by atoms with Crippen molar-refractivity contribution in [2.45, 2.75) is 26.9 Å². The van der Waals surface area contributed by atoms with Crippen LogP contribution in [0.25, 0.3) is 0 Å². The molecule has 4 nitrogen and oxygen atoms in total. The van der Waals surface area contributed by atoms with Gasteiger partial charge in [0.1, 0.15) is 5.82 Å². The van der Waals surface area contributed by atoms with Crippen LogP contribution in [0, 0.1) is 5.82 Å². The zero-order valence-corrected chi connectivity index (χ0v) is 13.9. The number of thiazole rings is 1. The van der Waals surface area contributed by atoms with Gasteiger partial charge in [0.2, 0.25) is 5.91 Å². The average molecular weight is 321 g/mol. The van der Waals surface area contributed by atoms with Gasteiger partial charge < -0.3 is 0 Å². The molecule has 6 heteroatoms. The van der Waals surface area contributed by atoms with Crippen molar-refractivity contribution in [1.82, 2.24) is 9.88 Å². The maximum absolute atomic E-state index is 13.2. The van der Waals surface area contributed by atoms with Gasteiger partial charge in [-0.05, 0) is 31.7 Å². The summed E-state index contributed by atoms with van der Waals surface area (Å²) < 4.78 is 13.2. The molecule has 22 heavy (non-hydrogen) atoms. The predicted molar refractivity (Wildman–Crippen MR) is 87.4 cm³/mol. The second-order valence-electron chi connectivity index (χ2n) is 5.19. The number of benzene rings is 1. The first-order valence-electron chi connectivity index (χ1n) is 7.15. The van der Waals surface area contributed by atoms with E-state index in [1.54, 1.807) is 17.9 Å². The van der Waals surface area contributed by atoms with E-state index in [1.165, 1.54) is 23.5 Å². The largest absolute Gasteiger partial charge is 0.296 e. The van der Waals surface area contributed by atoms with E-state index in [0.717, 1.165) is 16.4 Å². The van der Waals surface area contributed by atoms with Crippen molar-refractivity contribution < 1.29 is 9.18 Å². The first-order chi connectivity index (χ1) is 10.5. The van der Waals surface area contributed by atoms with E-state index < -0.39 is 0 Å². The van der Waals surface area contributed by atoms with Gasteiger partial charge >= 0.3 is 0 Å². The normalized spacial score (nSPS) is 11.0. The molecule has 1 aromatic carbocycles. The third kappa shape index (κ3) is 4.35. The summed E-state index contributed by atoms with van der Waals surface area (Å²) in [6, 6.07) is 6.60. The molecule has 0 saturated heterocycles. The highest BCUT2D eigenvalue weighted by molar-refractivity contribution is 7.14. The second-order valence-corrected chi connectivity index (χ2v) is 6.02. The second kappa shape index (κ2) is 7.47. The number of carbonyl (C=O) groups excluding carboxylic acids is 1. The minimum absolute atomic E-state index is 0.00323. The third-order valence-corrected chi connectivity index (χ3v) is 4.15. The van der Waals surface area contributed by atoms with Crippen LogP contribution in [0.3, 0.4) is 0 Å². The zero-order chi connectivity index (χ0) is 16.1. The minimum atomic E-state index is -0.220. The molecule has 0 saturated carbocycles. The first kappa shape index (κ1) is 16.6. The average Bonchev–Trinajstić information content (AvgIpc) is 2.87. The van der Waals surface area contributed by atoms with Crippen LogP contribution >= 0.6 is 11.3 Å². The van der Waals surface area contributed by atoms with Crippen molar-refractivity contribution in [3.8, 4) is 0 Å². The zero-order valence-electron chi connectivity index (χ0n) is 13.0. The van der Waals surface area contributed by atoms with Gasteiger partial charge in [0.25, 0.3) is 0 Å². The molecule has 1 heterocycles. The quantitative estimate of drug-likeness (QED) is 0.819. The summed E-state index contributed by atoms with van der Waals surface area (Å²) in [6.45, 7) is 5.39. The highest BCUT2D eigenvalue weighted by Crippen LogP contribution is 2.21. The number of hydrogen-bond donors (Lipinski definition) is 0. The summed E-state index contributed by atoms with van der Waals surface area (Å²) in [5, 5.41) is 2.69. The summed E-state index contributed by atoms with van der Waals surface area (Å²) in [5.41, 5.74) is 1.84. The van der Waals surface area contributed by atoms with Gasteiger partial charge in [0.15, 0.2) is 5.13 Å². The van der Waals surface area contributed by atoms with Gasteiger partial charge in [-0.25, -0.2) is 9.37 Å². The molecule has 0 atom stereocenters. The fourth-order valence-electron chi connectivity index (χ4n) is 2.26. The Morgan fingerprint density at radius 2 is 2.14 bits per heavy atom. The summed E-state index contributed by atoms with van der Waals surface area (Å²) in [6.07, 6.45) is 0. The number of amides is 1. The van der Waals surface area contributed by atoms with E-state index in [2.05, 4.69) is 9.88 Å². The Morgan fingerprint density at radius 1 is 1.36 bits per heavy atom. The van der Waals surface area contributed by atoms with Crippen LogP contribution in [0.1, 0.15) is 25.1 Å². The maximum atomic E-state index is 13.2. The monoisotopic (exact) mass is 321 g/mol. The SMILES string of the molecule is CCN(C(C)=O)c1nc(CN(C)Cc2cccc(F)c2)cs1. The van der Waals surface area contributed by atoms with Gasteiger partial charge in [-0.1, -0.05) is 12.1 Å². The molecule has 0 fully saturated rings. The summed E-state index contributed by atoms with van der Waals surface area (Å²) in [7, 11) is 1.96. The molecule has 0 unspecified atom stereocenters. The third-order valence-electron chi connectivity index (χ3n) is 3.24. The van der Waals surface area contributed by atoms with E-state index in [9.17, 15) is 9.18 Å². The lowest BCUT2D eigenvalue weighted by molar-refractivity contribution is -0.116. The molecule has 0 spiro atoms. The molecule has 0 aliphatic rings. The topological polar surface area (TPSA) is 36.4 Å². The Kier molecular flexibility index (Phi) is 5.63. The highest BCUT2D eigenvalue weighted by atomic mass is 32.1. The lowest BCUT2D eigenvalue weighted by Gasteiger charge is -2.16. The number of rotatable bonds is 6. The van der Waals surface area contributed by atoms with E-state index in [4.69, 9.17) is 0 Å². The van der Waals surface area contributed by atoms with Gasteiger partial charge in [-0.15, -0.1) is 11.3 Å². The Hall–Kier alpha value is -1.79. The first-order valence-corrected chi connectivity index (χ1v) is 8.03. The Morgan fingerprint density at radius 3 is 2.77 bits per heavy atom. The summed E-state index contributed by atoms with van der Waals surface area (Å²) in [4.78, 5) is 19.8. The van der Waals surface area contributed by atoms with Gasteiger partial charge in [0, 0.05) is 31.9 Å². The molecule has 2 aromatic rings. The van der Waals surface area contributed by atoms with E-state index in [1.807, 2.05) is 25.4 Å². The Balaban J connectivity index is 1.99. The number of carbonyl (C=O) groups is 1. The highest BCUT2D eigenvalue weighted by Gasteiger charge is 2.14. The van der Waals surface area contributed by atoms with Crippen LogP contribution in [-0.4, -0.2) is 29.4 Å². The number of nitrogens with zero attached hydrogens (tertiary/aromatic N) is 3. The smallest absolute Gasteiger partial charge is 0.225 e. The molecule has 1 aromatic heterocycles. The minimum Gasteiger partial charge on any atom is -0.296 e. The van der Waals surface area contributed by atoms with Crippen molar-refractivity contribution in [1.29, 1.82) is 0 Å². The maximum Gasteiger partial charge on any atom is 0.225 e. The van der Waals surface area contributed by atoms with E-state index in [0.29, 0.717) is 19.6 Å². The molecule has 0 N–H and O–H groups in total. The van der Waals surface area contributed by atoms with Crippen LogP contribution in [0.4, 0.5) is 9.52 Å². The van der Waals surface area contributed by atoms with Crippen molar-refractivity contribution in [2.75, 3.05) is 18.5 Å². The Labute approximate surface area is 134 Å². The molecule has 0 bridgehead atoms. The van der Waals surface area contributed by atoms with Crippen molar-refractivity contribution in [2.24, 2.45) is 0 Å². The van der Waals surface area contributed by atoms with Gasteiger partial charge in [0.05, 0.1) is 5.69 Å². The molecular formula is C16H20FN3OS. The number of aromatic nitrogens is 1. The van der Waals surface area contributed by atoms with Crippen LogP contribution in [0.2, 0.25) is 0 Å². The molecule has 0 radical (unpaired) electrons. The Bertz CT molecular complexity index is 644.